The molecule has 126 valence electrons. The van der Waals surface area contributed by atoms with Crippen molar-refractivity contribution in [1.29, 1.82) is 0 Å². The molecule has 25 heavy (non-hydrogen) atoms. The maximum absolute atomic E-state index is 12.6. The number of pyridine rings is 1. The average Bonchev–Trinajstić information content (AvgIpc) is 3.43. The zero-order valence-electron chi connectivity index (χ0n) is 13.8. The summed E-state index contributed by atoms with van der Waals surface area (Å²) < 4.78 is 7.56. The lowest BCUT2D eigenvalue weighted by Crippen LogP contribution is -2.33. The quantitative estimate of drug-likeness (QED) is 0.723. The molecule has 0 bridgehead atoms. The van der Waals surface area contributed by atoms with Crippen molar-refractivity contribution in [3.63, 3.8) is 0 Å². The Hall–Kier alpha value is -2.89. The van der Waals surface area contributed by atoms with Gasteiger partial charge in [0.05, 0.1) is 18.2 Å². The largest absolute Gasteiger partial charge is 0.459 e. The summed E-state index contributed by atoms with van der Waals surface area (Å²) in [5, 5.41) is 0. The van der Waals surface area contributed by atoms with Crippen molar-refractivity contribution < 1.29 is 9.21 Å². The molecule has 0 aliphatic carbocycles. The van der Waals surface area contributed by atoms with Crippen LogP contribution in [-0.4, -0.2) is 38.4 Å². The number of aromatic nitrogens is 3. The molecule has 6 heteroatoms. The Labute approximate surface area is 145 Å². The Morgan fingerprint density at radius 1 is 1.16 bits per heavy atom. The lowest BCUT2D eigenvalue weighted by molar-refractivity contribution is 0.0751. The van der Waals surface area contributed by atoms with E-state index in [4.69, 9.17) is 9.40 Å². The second-order valence-electron chi connectivity index (χ2n) is 6.84. The fourth-order valence-electron chi connectivity index (χ4n) is 4.20. The van der Waals surface area contributed by atoms with Crippen LogP contribution < -0.4 is 0 Å². The van der Waals surface area contributed by atoms with Crippen LogP contribution in [0.1, 0.15) is 29.2 Å². The zero-order valence-corrected chi connectivity index (χ0v) is 13.8. The minimum atomic E-state index is -0.0390. The van der Waals surface area contributed by atoms with Crippen molar-refractivity contribution in [2.24, 2.45) is 0 Å². The minimum absolute atomic E-state index is 0.0284. The number of amides is 1. The van der Waals surface area contributed by atoms with Gasteiger partial charge >= 0.3 is 0 Å². The first kappa shape index (κ1) is 14.5. The lowest BCUT2D eigenvalue weighted by atomic mass is 9.85. The number of imidazole rings is 1. The van der Waals surface area contributed by atoms with E-state index < -0.39 is 0 Å². The van der Waals surface area contributed by atoms with Crippen molar-refractivity contribution >= 4 is 5.91 Å². The molecule has 2 aliphatic rings. The summed E-state index contributed by atoms with van der Waals surface area (Å²) in [6.45, 7) is 2.38. The predicted molar refractivity (Wildman–Crippen MR) is 91.0 cm³/mol. The van der Waals surface area contributed by atoms with Gasteiger partial charge in [0.1, 0.15) is 5.82 Å². The zero-order chi connectivity index (χ0) is 16.9. The van der Waals surface area contributed by atoms with Crippen molar-refractivity contribution in [3.8, 4) is 11.3 Å². The molecule has 5 rings (SSSR count). The highest BCUT2D eigenvalue weighted by Gasteiger charge is 2.48. The first-order valence-electron chi connectivity index (χ1n) is 8.56. The van der Waals surface area contributed by atoms with Crippen LogP contribution in [0.15, 0.2) is 53.5 Å². The van der Waals surface area contributed by atoms with Gasteiger partial charge in [0.15, 0.2) is 5.76 Å². The SMILES string of the molecule is O=C(c1ccco1)N1CC[C@@]2(CCn3c(-c4cccnc4)cnc32)C1. The van der Waals surface area contributed by atoms with Crippen LogP contribution in [0.2, 0.25) is 0 Å². The molecule has 0 saturated carbocycles. The lowest BCUT2D eigenvalue weighted by Gasteiger charge is -2.22. The molecule has 0 unspecified atom stereocenters. The molecular weight excluding hydrogens is 316 g/mol. The van der Waals surface area contributed by atoms with Gasteiger partial charge < -0.3 is 13.9 Å². The number of hydrogen-bond acceptors (Lipinski definition) is 4. The average molecular weight is 334 g/mol. The normalized spacial score (nSPS) is 21.8. The van der Waals surface area contributed by atoms with Crippen LogP contribution in [0.4, 0.5) is 0 Å². The number of nitrogens with zero attached hydrogens (tertiary/aromatic N) is 4. The van der Waals surface area contributed by atoms with Crippen LogP contribution in [0.25, 0.3) is 11.3 Å². The van der Waals surface area contributed by atoms with E-state index in [1.807, 2.05) is 23.4 Å². The number of likely N-dealkylation sites (tertiary alicyclic amines) is 1. The van der Waals surface area contributed by atoms with Gasteiger partial charge in [-0.05, 0) is 37.1 Å². The second kappa shape index (κ2) is 5.31. The molecule has 0 radical (unpaired) electrons. The molecule has 3 aromatic rings. The van der Waals surface area contributed by atoms with E-state index in [9.17, 15) is 4.79 Å². The van der Waals surface area contributed by atoms with Crippen LogP contribution in [0.3, 0.4) is 0 Å². The number of carbonyl (C=O) groups excluding carboxylic acids is 1. The molecule has 1 saturated heterocycles. The van der Waals surface area contributed by atoms with Gasteiger partial charge in [-0.3, -0.25) is 9.78 Å². The maximum Gasteiger partial charge on any atom is 0.289 e. The van der Waals surface area contributed by atoms with Gasteiger partial charge in [-0.1, -0.05) is 0 Å². The third kappa shape index (κ3) is 2.13. The van der Waals surface area contributed by atoms with E-state index in [1.54, 1.807) is 24.6 Å². The first-order chi connectivity index (χ1) is 12.3. The summed E-state index contributed by atoms with van der Waals surface area (Å²) in [6, 6.07) is 7.48. The molecule has 1 spiro atoms. The number of furan rings is 1. The summed E-state index contributed by atoms with van der Waals surface area (Å²) in [7, 11) is 0. The molecule has 6 nitrogen and oxygen atoms in total. The van der Waals surface area contributed by atoms with Crippen molar-refractivity contribution in [2.45, 2.75) is 24.8 Å². The summed E-state index contributed by atoms with van der Waals surface area (Å²) in [4.78, 5) is 23.4. The highest BCUT2D eigenvalue weighted by molar-refractivity contribution is 5.91. The third-order valence-corrected chi connectivity index (χ3v) is 5.47. The smallest absolute Gasteiger partial charge is 0.289 e. The Balaban J connectivity index is 1.45. The van der Waals surface area contributed by atoms with Crippen molar-refractivity contribution in [3.05, 3.63) is 60.7 Å². The van der Waals surface area contributed by atoms with Gasteiger partial charge in [-0.25, -0.2) is 4.98 Å². The fraction of sp³-hybridized carbons (Fsp3) is 0.316. The maximum atomic E-state index is 12.6. The van der Waals surface area contributed by atoms with Gasteiger partial charge in [0.2, 0.25) is 0 Å². The van der Waals surface area contributed by atoms with Gasteiger partial charge in [-0.2, -0.15) is 0 Å². The third-order valence-electron chi connectivity index (χ3n) is 5.47. The second-order valence-corrected chi connectivity index (χ2v) is 6.84. The fourth-order valence-corrected chi connectivity index (χ4v) is 4.20. The van der Waals surface area contributed by atoms with Gasteiger partial charge in [0.25, 0.3) is 5.91 Å². The Kier molecular flexibility index (Phi) is 3.07. The molecule has 1 amide bonds. The van der Waals surface area contributed by atoms with E-state index in [-0.39, 0.29) is 11.3 Å². The highest BCUT2D eigenvalue weighted by Crippen LogP contribution is 2.44. The predicted octanol–water partition coefficient (Wildman–Crippen LogP) is 2.73. The number of rotatable bonds is 2. The molecule has 0 aromatic carbocycles. The first-order valence-corrected chi connectivity index (χ1v) is 8.56. The monoisotopic (exact) mass is 334 g/mol. The standard InChI is InChI=1S/C19H18N4O2/c24-17(16-4-2-10-25-16)22-8-5-19(13-22)6-9-23-15(12-21-18(19)23)14-3-1-7-20-11-14/h1-4,7,10-12H,5-6,8-9,13H2/t19-/m1/s1. The molecule has 1 atom stereocenters. The van der Waals surface area contributed by atoms with E-state index in [1.165, 1.54) is 0 Å². The van der Waals surface area contributed by atoms with E-state index >= 15 is 0 Å². The Bertz CT molecular complexity index is 916. The van der Waals surface area contributed by atoms with Gasteiger partial charge in [0, 0.05) is 43.0 Å². The minimum Gasteiger partial charge on any atom is -0.459 e. The van der Waals surface area contributed by atoms with Gasteiger partial charge in [-0.15, -0.1) is 0 Å². The van der Waals surface area contributed by atoms with Crippen LogP contribution >= 0.6 is 0 Å². The van der Waals surface area contributed by atoms with Crippen LogP contribution in [0.5, 0.6) is 0 Å². The number of fused-ring (bicyclic) bond motifs is 2. The molecule has 3 aromatic heterocycles. The summed E-state index contributed by atoms with van der Waals surface area (Å²) in [6.07, 6.45) is 9.10. The van der Waals surface area contributed by atoms with Crippen LogP contribution in [0, 0.1) is 0 Å². The molecule has 0 N–H and O–H groups in total. The van der Waals surface area contributed by atoms with Crippen molar-refractivity contribution in [2.75, 3.05) is 13.1 Å². The van der Waals surface area contributed by atoms with E-state index in [2.05, 4.69) is 15.6 Å². The molecule has 5 heterocycles. The topological polar surface area (TPSA) is 64.2 Å². The molecule has 1 fully saturated rings. The van der Waals surface area contributed by atoms with Crippen LogP contribution in [-0.2, 0) is 12.0 Å². The summed E-state index contributed by atoms with van der Waals surface area (Å²) in [5.41, 5.74) is 2.15. The number of carbonyl (C=O) groups is 1. The Morgan fingerprint density at radius 3 is 2.88 bits per heavy atom. The number of hydrogen-bond donors (Lipinski definition) is 0. The van der Waals surface area contributed by atoms with E-state index in [0.717, 1.165) is 43.0 Å². The molecule has 2 aliphatic heterocycles. The molecular formula is C19H18N4O2. The summed E-state index contributed by atoms with van der Waals surface area (Å²) >= 11 is 0. The highest BCUT2D eigenvalue weighted by atomic mass is 16.3. The summed E-state index contributed by atoms with van der Waals surface area (Å²) in [5.74, 6) is 1.48. The van der Waals surface area contributed by atoms with Crippen molar-refractivity contribution in [1.82, 2.24) is 19.4 Å². The van der Waals surface area contributed by atoms with E-state index in [0.29, 0.717) is 12.3 Å². The Morgan fingerprint density at radius 2 is 2.08 bits per heavy atom.